The van der Waals surface area contributed by atoms with E-state index >= 15 is 0 Å². The maximum Gasteiger partial charge on any atom is 0.172 e. The summed E-state index contributed by atoms with van der Waals surface area (Å²) in [5.74, 6) is 1.67. The van der Waals surface area contributed by atoms with Gasteiger partial charge in [0.15, 0.2) is 17.8 Å². The summed E-state index contributed by atoms with van der Waals surface area (Å²) in [5.41, 5.74) is 6.13. The van der Waals surface area contributed by atoms with Crippen LogP contribution in [0, 0.1) is 0 Å². The first-order chi connectivity index (χ1) is 15.3. The van der Waals surface area contributed by atoms with Crippen LogP contribution in [0.2, 0.25) is 0 Å². The average Bonchev–Trinajstić information content (AvgIpc) is 3.19. The van der Waals surface area contributed by atoms with Crippen molar-refractivity contribution in [2.24, 2.45) is 0 Å². The first-order valence-electron chi connectivity index (χ1n) is 10.3. The van der Waals surface area contributed by atoms with Gasteiger partial charge in [0.1, 0.15) is 11.5 Å². The molecule has 0 spiro atoms. The number of hydrogen-bond acceptors (Lipinski definition) is 6. The summed E-state index contributed by atoms with van der Waals surface area (Å²) in [7, 11) is 1.54. The summed E-state index contributed by atoms with van der Waals surface area (Å²) in [6, 6.07) is 9.20. The quantitative estimate of drug-likeness (QED) is 0.454. The lowest BCUT2D eigenvalue weighted by Crippen LogP contribution is -2.32. The normalized spacial score (nSPS) is 16.8. The zero-order valence-corrected chi connectivity index (χ0v) is 19.1. The Morgan fingerprint density at radius 3 is 2.69 bits per heavy atom. The number of carbonyl (C=O) groups excluding carboxylic acids is 1. The number of ether oxygens (including phenoxy) is 2. The number of allylic oxidation sites excluding steroid dienone is 1. The first-order valence-corrected chi connectivity index (χ1v) is 11.2. The lowest BCUT2D eigenvalue weighted by Gasteiger charge is -2.35. The maximum absolute atomic E-state index is 11.5. The van der Waals surface area contributed by atoms with E-state index in [-0.39, 0.29) is 11.3 Å². The second-order valence-electron chi connectivity index (χ2n) is 8.54. The van der Waals surface area contributed by atoms with Gasteiger partial charge in [-0.3, -0.25) is 4.79 Å². The molecule has 2 aliphatic heterocycles. The van der Waals surface area contributed by atoms with E-state index in [4.69, 9.17) is 9.47 Å². The summed E-state index contributed by atoms with van der Waals surface area (Å²) < 4.78 is 12.0. The molecule has 0 fully saturated rings. The molecule has 32 heavy (non-hydrogen) atoms. The van der Waals surface area contributed by atoms with Crippen LogP contribution in [0.4, 0.5) is 5.69 Å². The van der Waals surface area contributed by atoms with Crippen molar-refractivity contribution in [3.05, 3.63) is 63.4 Å². The van der Waals surface area contributed by atoms with Gasteiger partial charge in [0, 0.05) is 32.8 Å². The molecule has 6 heteroatoms. The molecule has 0 bridgehead atoms. The predicted octanol–water partition coefficient (Wildman–Crippen LogP) is 6.44. The summed E-state index contributed by atoms with van der Waals surface area (Å²) >= 11 is 1.49. The molecule has 5 nitrogen and oxygen atoms in total. The molecule has 3 heterocycles. The van der Waals surface area contributed by atoms with E-state index in [1.54, 1.807) is 18.2 Å². The fourth-order valence-corrected chi connectivity index (χ4v) is 5.40. The molecule has 0 saturated carbocycles. The number of carbonyl (C=O) groups is 1. The van der Waals surface area contributed by atoms with Crippen LogP contribution in [0.1, 0.15) is 47.1 Å². The third kappa shape index (κ3) is 3.10. The summed E-state index contributed by atoms with van der Waals surface area (Å²) in [6.45, 7) is 6.35. The Morgan fingerprint density at radius 1 is 1.12 bits per heavy atom. The number of aldehydes is 1. The van der Waals surface area contributed by atoms with E-state index in [2.05, 4.69) is 38.2 Å². The highest BCUT2D eigenvalue weighted by Crippen LogP contribution is 2.54. The van der Waals surface area contributed by atoms with Crippen LogP contribution in [0.25, 0.3) is 28.5 Å². The van der Waals surface area contributed by atoms with Crippen molar-refractivity contribution in [1.82, 2.24) is 0 Å². The standard InChI is InChI=1S/C26H23NO4S/c1-14-12-26(2,3)27-17-6-5-16-23(22(14)17)20(11-21-15(13-28)9-10-32-21)31-19-8-7-18(29)25(30-4)24(16)19/h5-13,27,29H,1-4H3. The van der Waals surface area contributed by atoms with E-state index in [1.165, 1.54) is 18.4 Å². The van der Waals surface area contributed by atoms with Gasteiger partial charge in [0.2, 0.25) is 0 Å². The molecule has 162 valence electrons. The predicted molar refractivity (Wildman–Crippen MR) is 130 cm³/mol. The minimum atomic E-state index is -0.184. The second kappa shape index (κ2) is 7.28. The average molecular weight is 446 g/mol. The van der Waals surface area contributed by atoms with Gasteiger partial charge < -0.3 is 19.9 Å². The number of rotatable bonds is 3. The Labute approximate surface area is 190 Å². The van der Waals surface area contributed by atoms with Crippen LogP contribution < -0.4 is 14.8 Å². The van der Waals surface area contributed by atoms with Crippen LogP contribution in [0.3, 0.4) is 0 Å². The number of nitrogens with one attached hydrogen (secondary N) is 1. The Balaban J connectivity index is 1.85. The second-order valence-corrected chi connectivity index (χ2v) is 9.49. The number of methoxy groups -OCH3 is 1. The topological polar surface area (TPSA) is 67.8 Å². The van der Waals surface area contributed by atoms with Gasteiger partial charge in [-0.15, -0.1) is 11.3 Å². The molecule has 0 aliphatic carbocycles. The number of hydrogen-bond donors (Lipinski definition) is 2. The molecule has 1 aromatic heterocycles. The highest BCUT2D eigenvalue weighted by molar-refractivity contribution is 7.11. The highest BCUT2D eigenvalue weighted by atomic mass is 32.1. The number of phenolic OH excluding ortho intramolecular Hbond substituents is 1. The van der Waals surface area contributed by atoms with Crippen LogP contribution >= 0.6 is 11.3 Å². The van der Waals surface area contributed by atoms with Crippen LogP contribution in [0.5, 0.6) is 17.2 Å². The Kier molecular flexibility index (Phi) is 4.64. The summed E-state index contributed by atoms with van der Waals surface area (Å²) in [6.07, 6.45) is 4.98. The van der Waals surface area contributed by atoms with Crippen molar-refractivity contribution < 1.29 is 19.4 Å². The van der Waals surface area contributed by atoms with Gasteiger partial charge >= 0.3 is 0 Å². The molecule has 0 unspecified atom stereocenters. The molecular formula is C26H23NO4S. The molecule has 0 saturated heterocycles. The van der Waals surface area contributed by atoms with Crippen molar-refractivity contribution in [1.29, 1.82) is 0 Å². The highest BCUT2D eigenvalue weighted by Gasteiger charge is 2.33. The Hall–Kier alpha value is -3.51. The summed E-state index contributed by atoms with van der Waals surface area (Å²) in [5, 5.41) is 15.9. The number of fused-ring (bicyclic) bond motifs is 5. The van der Waals surface area contributed by atoms with Crippen LogP contribution in [-0.4, -0.2) is 24.0 Å². The van der Waals surface area contributed by atoms with E-state index in [0.29, 0.717) is 28.4 Å². The van der Waals surface area contributed by atoms with E-state index < -0.39 is 0 Å². The third-order valence-electron chi connectivity index (χ3n) is 5.79. The van der Waals surface area contributed by atoms with Crippen LogP contribution in [0.15, 0.2) is 41.8 Å². The smallest absolute Gasteiger partial charge is 0.172 e. The number of benzene rings is 2. The lowest BCUT2D eigenvalue weighted by molar-refractivity contribution is 0.112. The Bertz CT molecular complexity index is 1330. The number of phenols is 1. The molecular weight excluding hydrogens is 422 g/mol. The van der Waals surface area contributed by atoms with Gasteiger partial charge in [0.25, 0.3) is 0 Å². The number of anilines is 1. The Morgan fingerprint density at radius 2 is 1.94 bits per heavy atom. The van der Waals surface area contributed by atoms with Crippen molar-refractivity contribution >= 4 is 40.7 Å². The van der Waals surface area contributed by atoms with Gasteiger partial charge in [-0.1, -0.05) is 12.1 Å². The van der Waals surface area contributed by atoms with Crippen molar-refractivity contribution in [2.75, 3.05) is 12.4 Å². The van der Waals surface area contributed by atoms with Crippen LogP contribution in [-0.2, 0) is 0 Å². The fourth-order valence-electron chi connectivity index (χ4n) is 4.61. The molecule has 3 aromatic rings. The minimum Gasteiger partial charge on any atom is -0.504 e. The third-order valence-corrected chi connectivity index (χ3v) is 6.67. The monoisotopic (exact) mass is 445 g/mol. The van der Waals surface area contributed by atoms with Gasteiger partial charge in [-0.2, -0.15) is 0 Å². The van der Waals surface area contributed by atoms with Gasteiger partial charge in [-0.25, -0.2) is 0 Å². The maximum atomic E-state index is 11.5. The van der Waals surface area contributed by atoms with E-state index in [1.807, 2.05) is 17.5 Å². The molecule has 2 aliphatic rings. The molecule has 0 amide bonds. The van der Waals surface area contributed by atoms with E-state index in [9.17, 15) is 9.90 Å². The summed E-state index contributed by atoms with van der Waals surface area (Å²) in [4.78, 5) is 12.4. The zero-order chi connectivity index (χ0) is 22.6. The van der Waals surface area contributed by atoms with Gasteiger partial charge in [0.05, 0.1) is 18.2 Å². The SMILES string of the molecule is COc1c(O)ccc2c1-c1ccc3c(c1C(=Cc1sccc1C=O)O2)C(C)=CC(C)(C)N3. The minimum absolute atomic E-state index is 0.0546. The fraction of sp³-hybridized carbons (Fsp3) is 0.192. The van der Waals surface area contributed by atoms with Gasteiger partial charge in [-0.05, 0) is 62.1 Å². The molecule has 0 atom stereocenters. The molecule has 2 N–H and O–H groups in total. The number of thiophene rings is 1. The van der Waals surface area contributed by atoms with E-state index in [0.717, 1.165) is 39.1 Å². The lowest BCUT2D eigenvalue weighted by atomic mass is 9.83. The van der Waals surface area contributed by atoms with Crippen molar-refractivity contribution in [3.8, 4) is 28.4 Å². The first kappa shape index (κ1) is 20.4. The number of aromatic hydroxyl groups is 1. The van der Waals surface area contributed by atoms with Crippen molar-refractivity contribution in [3.63, 3.8) is 0 Å². The van der Waals surface area contributed by atoms with Crippen molar-refractivity contribution in [2.45, 2.75) is 26.3 Å². The molecule has 2 aromatic carbocycles. The molecule has 0 radical (unpaired) electrons. The zero-order valence-electron chi connectivity index (χ0n) is 18.3. The molecule has 5 rings (SSSR count). The largest absolute Gasteiger partial charge is 0.504 e.